The third-order valence-electron chi connectivity index (χ3n) is 4.10. The van der Waals surface area contributed by atoms with Crippen molar-refractivity contribution in [2.45, 2.75) is 40.5 Å². The van der Waals surface area contributed by atoms with Crippen LogP contribution in [0.25, 0.3) is 5.82 Å². The molecule has 0 amide bonds. The van der Waals surface area contributed by atoms with E-state index in [0.29, 0.717) is 0 Å². The maximum absolute atomic E-state index is 5.79. The lowest BCUT2D eigenvalue weighted by Crippen LogP contribution is -2.25. The van der Waals surface area contributed by atoms with Crippen LogP contribution in [0.2, 0.25) is 0 Å². The summed E-state index contributed by atoms with van der Waals surface area (Å²) in [5.41, 5.74) is 2.39. The second-order valence-electron chi connectivity index (χ2n) is 5.70. The number of likely N-dealkylation sites (tertiary alicyclic amines) is 1. The van der Waals surface area contributed by atoms with Gasteiger partial charge in [0.25, 0.3) is 0 Å². The molecule has 0 saturated carbocycles. The summed E-state index contributed by atoms with van der Waals surface area (Å²) in [6.45, 7) is 12.4. The smallest absolute Gasteiger partial charge is 0.137 e. The van der Waals surface area contributed by atoms with Gasteiger partial charge in [-0.2, -0.15) is 0 Å². The van der Waals surface area contributed by atoms with Crippen LogP contribution in [0.15, 0.2) is 30.5 Å². The Kier molecular flexibility index (Phi) is 6.66. The Hall–Kier alpha value is -1.81. The third-order valence-corrected chi connectivity index (χ3v) is 4.10. The number of rotatable bonds is 5. The molecule has 0 radical (unpaired) electrons. The summed E-state index contributed by atoms with van der Waals surface area (Å²) >= 11 is 0. The average Bonchev–Trinajstić information content (AvgIpc) is 3.21. The predicted octanol–water partition coefficient (Wildman–Crippen LogP) is 3.99. The van der Waals surface area contributed by atoms with Crippen LogP contribution in [-0.2, 0) is 0 Å². The SMILES string of the molecule is CC.Cc1ccc(C)n1-c1ccc(OCCN2CCCC2)cn1. The first-order chi connectivity index (χ1) is 11.2. The lowest BCUT2D eigenvalue weighted by atomic mass is 10.4. The molecule has 3 rings (SSSR count). The van der Waals surface area contributed by atoms with Gasteiger partial charge in [0.15, 0.2) is 0 Å². The van der Waals surface area contributed by atoms with Crippen molar-refractivity contribution in [3.8, 4) is 11.6 Å². The van der Waals surface area contributed by atoms with E-state index in [0.717, 1.165) is 24.7 Å². The van der Waals surface area contributed by atoms with Gasteiger partial charge < -0.3 is 9.30 Å². The number of aryl methyl sites for hydroxylation is 2. The van der Waals surface area contributed by atoms with Gasteiger partial charge in [-0.1, -0.05) is 13.8 Å². The third kappa shape index (κ3) is 4.58. The lowest BCUT2D eigenvalue weighted by Gasteiger charge is -2.15. The number of nitrogens with zero attached hydrogens (tertiary/aromatic N) is 3. The minimum atomic E-state index is 0.739. The molecule has 0 aromatic carbocycles. The van der Waals surface area contributed by atoms with Crippen LogP contribution < -0.4 is 4.74 Å². The fourth-order valence-electron chi connectivity index (χ4n) is 2.92. The highest BCUT2D eigenvalue weighted by Gasteiger charge is 2.11. The quantitative estimate of drug-likeness (QED) is 0.836. The van der Waals surface area contributed by atoms with E-state index in [2.05, 4.69) is 40.4 Å². The standard InChI is InChI=1S/C17H23N3O.C2H6/c1-14-5-6-15(2)20(14)17-8-7-16(13-18-17)21-12-11-19-9-3-4-10-19;1-2/h5-8,13H,3-4,9-12H2,1-2H3;1-2H3. The summed E-state index contributed by atoms with van der Waals surface area (Å²) in [4.78, 5) is 6.97. The number of aromatic nitrogens is 2. The Balaban J connectivity index is 0.000000924. The van der Waals surface area contributed by atoms with Crippen molar-refractivity contribution in [2.75, 3.05) is 26.2 Å². The van der Waals surface area contributed by atoms with Gasteiger partial charge in [-0.05, 0) is 64.0 Å². The van der Waals surface area contributed by atoms with E-state index in [1.807, 2.05) is 32.2 Å². The molecule has 1 fully saturated rings. The van der Waals surface area contributed by atoms with E-state index in [9.17, 15) is 0 Å². The summed E-state index contributed by atoms with van der Waals surface area (Å²) in [7, 11) is 0. The van der Waals surface area contributed by atoms with Crippen LogP contribution in [0.1, 0.15) is 38.1 Å². The molecule has 0 atom stereocenters. The van der Waals surface area contributed by atoms with Crippen LogP contribution in [0, 0.1) is 13.8 Å². The van der Waals surface area contributed by atoms with Crippen molar-refractivity contribution in [1.29, 1.82) is 0 Å². The molecule has 0 spiro atoms. The Morgan fingerprint density at radius 1 is 1.00 bits per heavy atom. The zero-order valence-electron chi connectivity index (χ0n) is 14.9. The van der Waals surface area contributed by atoms with Gasteiger partial charge in [0.1, 0.15) is 18.2 Å². The molecule has 1 aliphatic heterocycles. The molecule has 1 saturated heterocycles. The average molecular weight is 315 g/mol. The van der Waals surface area contributed by atoms with E-state index < -0.39 is 0 Å². The molecule has 0 aliphatic carbocycles. The maximum Gasteiger partial charge on any atom is 0.137 e. The van der Waals surface area contributed by atoms with Crippen LogP contribution in [-0.4, -0.2) is 40.7 Å². The number of ether oxygens (including phenoxy) is 1. The van der Waals surface area contributed by atoms with Gasteiger partial charge in [-0.15, -0.1) is 0 Å². The molecule has 2 aromatic heterocycles. The van der Waals surface area contributed by atoms with Gasteiger partial charge in [0.2, 0.25) is 0 Å². The van der Waals surface area contributed by atoms with Gasteiger partial charge in [-0.3, -0.25) is 4.90 Å². The van der Waals surface area contributed by atoms with Crippen molar-refractivity contribution in [1.82, 2.24) is 14.5 Å². The normalized spacial score (nSPS) is 14.4. The summed E-state index contributed by atoms with van der Waals surface area (Å²) in [5, 5.41) is 0. The molecule has 4 heteroatoms. The largest absolute Gasteiger partial charge is 0.491 e. The van der Waals surface area contributed by atoms with E-state index >= 15 is 0 Å². The molecule has 126 valence electrons. The minimum Gasteiger partial charge on any atom is -0.491 e. The van der Waals surface area contributed by atoms with E-state index in [-0.39, 0.29) is 0 Å². The fraction of sp³-hybridized carbons (Fsp3) is 0.526. The highest BCUT2D eigenvalue weighted by Crippen LogP contribution is 2.17. The molecule has 23 heavy (non-hydrogen) atoms. The van der Waals surface area contributed by atoms with Gasteiger partial charge >= 0.3 is 0 Å². The summed E-state index contributed by atoms with van der Waals surface area (Å²) in [6, 6.07) is 8.24. The lowest BCUT2D eigenvalue weighted by molar-refractivity contribution is 0.237. The zero-order chi connectivity index (χ0) is 16.7. The Labute approximate surface area is 140 Å². The van der Waals surface area contributed by atoms with Crippen LogP contribution in [0.4, 0.5) is 0 Å². The van der Waals surface area contributed by atoms with E-state index in [4.69, 9.17) is 4.74 Å². The number of hydrogen-bond donors (Lipinski definition) is 0. The van der Waals surface area contributed by atoms with Crippen LogP contribution >= 0.6 is 0 Å². The molecule has 1 aliphatic rings. The van der Waals surface area contributed by atoms with Crippen LogP contribution in [0.5, 0.6) is 5.75 Å². The molecule has 0 N–H and O–H groups in total. The molecule has 0 bridgehead atoms. The van der Waals surface area contributed by atoms with Gasteiger partial charge in [0, 0.05) is 17.9 Å². The van der Waals surface area contributed by atoms with E-state index in [1.165, 1.54) is 37.3 Å². The second kappa shape index (κ2) is 8.73. The fourth-order valence-corrected chi connectivity index (χ4v) is 2.92. The van der Waals surface area contributed by atoms with Crippen molar-refractivity contribution in [3.63, 3.8) is 0 Å². The Bertz CT molecular complexity index is 564. The first-order valence-electron chi connectivity index (χ1n) is 8.70. The topological polar surface area (TPSA) is 30.3 Å². The van der Waals surface area contributed by atoms with Gasteiger partial charge in [-0.25, -0.2) is 4.98 Å². The first kappa shape index (κ1) is 17.5. The Morgan fingerprint density at radius 3 is 2.22 bits per heavy atom. The van der Waals surface area contributed by atoms with Crippen molar-refractivity contribution in [3.05, 3.63) is 41.9 Å². The first-order valence-corrected chi connectivity index (χ1v) is 8.70. The minimum absolute atomic E-state index is 0.739. The highest BCUT2D eigenvalue weighted by molar-refractivity contribution is 5.34. The van der Waals surface area contributed by atoms with Crippen molar-refractivity contribution < 1.29 is 4.74 Å². The Morgan fingerprint density at radius 2 is 1.65 bits per heavy atom. The summed E-state index contributed by atoms with van der Waals surface area (Å²) in [5.74, 6) is 1.79. The maximum atomic E-state index is 5.79. The monoisotopic (exact) mass is 315 g/mol. The molecule has 3 heterocycles. The van der Waals surface area contributed by atoms with Crippen LogP contribution in [0.3, 0.4) is 0 Å². The second-order valence-corrected chi connectivity index (χ2v) is 5.70. The zero-order valence-corrected chi connectivity index (χ0v) is 14.9. The molecule has 2 aromatic rings. The van der Waals surface area contributed by atoms with Crippen molar-refractivity contribution in [2.24, 2.45) is 0 Å². The molecular formula is C19H29N3O. The summed E-state index contributed by atoms with van der Waals surface area (Å²) < 4.78 is 7.93. The summed E-state index contributed by atoms with van der Waals surface area (Å²) in [6.07, 6.45) is 4.47. The van der Waals surface area contributed by atoms with Gasteiger partial charge in [0.05, 0.1) is 6.20 Å². The van der Waals surface area contributed by atoms with E-state index in [1.54, 1.807) is 0 Å². The number of pyridine rings is 1. The molecular weight excluding hydrogens is 286 g/mol. The number of hydrogen-bond acceptors (Lipinski definition) is 3. The highest BCUT2D eigenvalue weighted by atomic mass is 16.5. The molecule has 0 unspecified atom stereocenters. The predicted molar refractivity (Wildman–Crippen MR) is 95.6 cm³/mol. The molecule has 4 nitrogen and oxygen atoms in total. The van der Waals surface area contributed by atoms with Crippen molar-refractivity contribution >= 4 is 0 Å².